The Hall–Kier alpha value is -2.21. The monoisotopic (exact) mass is 329 g/mol. The molecule has 2 heterocycles. The van der Waals surface area contributed by atoms with Gasteiger partial charge in [-0.1, -0.05) is 19.0 Å². The number of ether oxygens (including phenoxy) is 1. The van der Waals surface area contributed by atoms with Crippen LogP contribution in [-0.2, 0) is 13.0 Å². The standard InChI is InChI=1S/C17H19N3O2S/c1-11(2)8-16-19-17(22-20-16)9-21-14-6-4-13(5-7-14)15-10-23-12(3)18-15/h4-7,10-11H,8-9H2,1-3H3. The van der Waals surface area contributed by atoms with Crippen LogP contribution in [0.2, 0.25) is 0 Å². The van der Waals surface area contributed by atoms with Crippen LogP contribution >= 0.6 is 11.3 Å². The van der Waals surface area contributed by atoms with Gasteiger partial charge in [0.25, 0.3) is 5.89 Å². The lowest BCUT2D eigenvalue weighted by atomic mass is 10.1. The quantitative estimate of drug-likeness (QED) is 0.675. The number of nitrogens with zero attached hydrogens (tertiary/aromatic N) is 3. The zero-order valence-electron chi connectivity index (χ0n) is 13.4. The number of hydrogen-bond donors (Lipinski definition) is 0. The minimum absolute atomic E-state index is 0.278. The second-order valence-electron chi connectivity index (χ2n) is 5.77. The summed E-state index contributed by atoms with van der Waals surface area (Å²) in [5.74, 6) is 2.50. The van der Waals surface area contributed by atoms with Gasteiger partial charge in [-0.15, -0.1) is 11.3 Å². The van der Waals surface area contributed by atoms with Crippen LogP contribution in [-0.4, -0.2) is 15.1 Å². The highest BCUT2D eigenvalue weighted by Crippen LogP contribution is 2.24. The van der Waals surface area contributed by atoms with E-state index in [1.54, 1.807) is 11.3 Å². The lowest BCUT2D eigenvalue weighted by Gasteiger charge is -2.04. The highest BCUT2D eigenvalue weighted by molar-refractivity contribution is 7.09. The minimum atomic E-state index is 0.278. The summed E-state index contributed by atoms with van der Waals surface area (Å²) in [6.07, 6.45) is 0.811. The number of thiazole rings is 1. The van der Waals surface area contributed by atoms with Crippen molar-refractivity contribution in [3.63, 3.8) is 0 Å². The third-order valence-electron chi connectivity index (χ3n) is 3.23. The molecule has 0 radical (unpaired) electrons. The predicted molar refractivity (Wildman–Crippen MR) is 89.5 cm³/mol. The van der Waals surface area contributed by atoms with Crippen molar-refractivity contribution in [2.75, 3.05) is 0 Å². The molecule has 0 N–H and O–H groups in total. The van der Waals surface area contributed by atoms with Crippen molar-refractivity contribution in [1.29, 1.82) is 0 Å². The van der Waals surface area contributed by atoms with E-state index in [0.717, 1.165) is 34.3 Å². The van der Waals surface area contributed by atoms with Crippen LogP contribution in [0.5, 0.6) is 5.75 Å². The molecule has 0 bridgehead atoms. The Morgan fingerprint density at radius 3 is 2.61 bits per heavy atom. The molecule has 0 aliphatic heterocycles. The van der Waals surface area contributed by atoms with Crippen LogP contribution in [0, 0.1) is 12.8 Å². The van der Waals surface area contributed by atoms with E-state index in [1.165, 1.54) is 0 Å². The van der Waals surface area contributed by atoms with Gasteiger partial charge in [-0.3, -0.25) is 0 Å². The average Bonchev–Trinajstić information content (AvgIpc) is 3.14. The Bertz CT molecular complexity index is 762. The number of rotatable bonds is 6. The minimum Gasteiger partial charge on any atom is -0.484 e. The van der Waals surface area contributed by atoms with Crippen molar-refractivity contribution in [2.24, 2.45) is 5.92 Å². The smallest absolute Gasteiger partial charge is 0.264 e. The third kappa shape index (κ3) is 4.16. The lowest BCUT2D eigenvalue weighted by molar-refractivity contribution is 0.242. The second kappa shape index (κ2) is 6.91. The number of aromatic nitrogens is 3. The largest absolute Gasteiger partial charge is 0.484 e. The molecule has 3 aromatic rings. The van der Waals surface area contributed by atoms with Gasteiger partial charge >= 0.3 is 0 Å². The van der Waals surface area contributed by atoms with Crippen molar-refractivity contribution in [1.82, 2.24) is 15.1 Å². The fraction of sp³-hybridized carbons (Fsp3) is 0.353. The van der Waals surface area contributed by atoms with Gasteiger partial charge in [0.1, 0.15) is 5.75 Å². The zero-order chi connectivity index (χ0) is 16.2. The molecule has 2 aromatic heterocycles. The number of aryl methyl sites for hydroxylation is 1. The van der Waals surface area contributed by atoms with Gasteiger partial charge < -0.3 is 9.26 Å². The molecular weight excluding hydrogens is 310 g/mol. The Morgan fingerprint density at radius 2 is 1.96 bits per heavy atom. The number of benzene rings is 1. The molecule has 0 unspecified atom stereocenters. The molecule has 3 rings (SSSR count). The van der Waals surface area contributed by atoms with Crippen molar-refractivity contribution >= 4 is 11.3 Å². The molecule has 0 saturated carbocycles. The summed E-state index contributed by atoms with van der Waals surface area (Å²) >= 11 is 1.65. The average molecular weight is 329 g/mol. The molecule has 0 spiro atoms. The van der Waals surface area contributed by atoms with Gasteiger partial charge in [0.05, 0.1) is 10.7 Å². The summed E-state index contributed by atoms with van der Waals surface area (Å²) in [7, 11) is 0. The van der Waals surface area contributed by atoms with Crippen LogP contribution in [0.4, 0.5) is 0 Å². The van der Waals surface area contributed by atoms with E-state index in [2.05, 4.69) is 34.4 Å². The SMILES string of the molecule is Cc1nc(-c2ccc(OCc3nc(CC(C)C)no3)cc2)cs1. The van der Waals surface area contributed by atoms with Crippen molar-refractivity contribution in [2.45, 2.75) is 33.8 Å². The van der Waals surface area contributed by atoms with Crippen LogP contribution < -0.4 is 4.74 Å². The van der Waals surface area contributed by atoms with E-state index in [4.69, 9.17) is 9.26 Å². The summed E-state index contributed by atoms with van der Waals surface area (Å²) in [6, 6.07) is 7.86. The molecule has 0 aliphatic carbocycles. The fourth-order valence-electron chi connectivity index (χ4n) is 2.16. The Kier molecular flexibility index (Phi) is 4.71. The maximum Gasteiger partial charge on any atom is 0.264 e. The van der Waals surface area contributed by atoms with Crippen molar-refractivity contribution < 1.29 is 9.26 Å². The maximum atomic E-state index is 5.69. The molecule has 0 saturated heterocycles. The van der Waals surface area contributed by atoms with Gasteiger partial charge in [0.15, 0.2) is 12.4 Å². The van der Waals surface area contributed by atoms with Gasteiger partial charge in [0, 0.05) is 17.4 Å². The summed E-state index contributed by atoms with van der Waals surface area (Å²) in [5.41, 5.74) is 2.08. The Labute approximate surface area is 139 Å². The summed E-state index contributed by atoms with van der Waals surface area (Å²) < 4.78 is 10.9. The van der Waals surface area contributed by atoms with E-state index in [-0.39, 0.29) is 6.61 Å². The topological polar surface area (TPSA) is 61.0 Å². The van der Waals surface area contributed by atoms with Gasteiger partial charge in [-0.05, 0) is 37.1 Å². The molecule has 0 fully saturated rings. The molecule has 5 nitrogen and oxygen atoms in total. The van der Waals surface area contributed by atoms with E-state index >= 15 is 0 Å². The highest BCUT2D eigenvalue weighted by Gasteiger charge is 2.09. The summed E-state index contributed by atoms with van der Waals surface area (Å²) in [6.45, 7) is 6.53. The highest BCUT2D eigenvalue weighted by atomic mass is 32.1. The lowest BCUT2D eigenvalue weighted by Crippen LogP contribution is -1.98. The zero-order valence-corrected chi connectivity index (χ0v) is 14.3. The molecule has 6 heteroatoms. The van der Waals surface area contributed by atoms with Gasteiger partial charge in [-0.25, -0.2) is 4.98 Å². The van der Waals surface area contributed by atoms with E-state index < -0.39 is 0 Å². The first-order chi connectivity index (χ1) is 11.1. The molecule has 1 aromatic carbocycles. The first-order valence-electron chi connectivity index (χ1n) is 7.57. The van der Waals surface area contributed by atoms with Crippen molar-refractivity contribution in [3.8, 4) is 17.0 Å². The van der Waals surface area contributed by atoms with Gasteiger partial charge in [0.2, 0.25) is 0 Å². The summed E-state index contributed by atoms with van der Waals surface area (Å²) in [5, 5.41) is 7.07. The van der Waals surface area contributed by atoms with Crippen LogP contribution in [0.25, 0.3) is 11.3 Å². The van der Waals surface area contributed by atoms with Crippen LogP contribution in [0.15, 0.2) is 34.2 Å². The van der Waals surface area contributed by atoms with Gasteiger partial charge in [-0.2, -0.15) is 4.98 Å². The predicted octanol–water partition coefficient (Wildman–Crippen LogP) is 4.28. The third-order valence-corrected chi connectivity index (χ3v) is 4.01. The van der Waals surface area contributed by atoms with Crippen LogP contribution in [0.3, 0.4) is 0 Å². The molecule has 23 heavy (non-hydrogen) atoms. The molecule has 0 amide bonds. The molecule has 120 valence electrons. The molecule has 0 aliphatic rings. The first-order valence-corrected chi connectivity index (χ1v) is 8.45. The Balaban J connectivity index is 1.59. The maximum absolute atomic E-state index is 5.69. The first kappa shape index (κ1) is 15.7. The second-order valence-corrected chi connectivity index (χ2v) is 6.83. The van der Waals surface area contributed by atoms with E-state index in [1.807, 2.05) is 31.2 Å². The molecule has 0 atom stereocenters. The van der Waals surface area contributed by atoms with E-state index in [9.17, 15) is 0 Å². The van der Waals surface area contributed by atoms with Crippen molar-refractivity contribution in [3.05, 3.63) is 46.4 Å². The van der Waals surface area contributed by atoms with E-state index in [0.29, 0.717) is 11.8 Å². The summed E-state index contributed by atoms with van der Waals surface area (Å²) in [4.78, 5) is 8.80. The molecular formula is C17H19N3O2S. The van der Waals surface area contributed by atoms with Crippen LogP contribution in [0.1, 0.15) is 30.6 Å². The fourth-order valence-corrected chi connectivity index (χ4v) is 2.78. The Morgan fingerprint density at radius 1 is 1.17 bits per heavy atom. The normalized spacial score (nSPS) is 11.1. The number of hydrogen-bond acceptors (Lipinski definition) is 6.